The molecule has 4 nitrogen and oxygen atoms in total. The van der Waals surface area contributed by atoms with E-state index >= 15 is 0 Å². The fraction of sp³-hybridized carbons (Fsp3) is 0.294. The predicted octanol–water partition coefficient (Wildman–Crippen LogP) is 2.82. The monoisotopic (exact) mass is 316 g/mol. The van der Waals surface area contributed by atoms with E-state index in [9.17, 15) is 8.42 Å². The van der Waals surface area contributed by atoms with Crippen LogP contribution in [-0.4, -0.2) is 26.3 Å². The Morgan fingerprint density at radius 1 is 1.05 bits per heavy atom. The zero-order valence-electron chi connectivity index (χ0n) is 12.6. The van der Waals surface area contributed by atoms with Crippen molar-refractivity contribution in [2.24, 2.45) is 0 Å². The van der Waals surface area contributed by atoms with Crippen LogP contribution in [0.15, 0.2) is 54.6 Å². The maximum Gasteiger partial charge on any atom is 0.304 e. The van der Waals surface area contributed by atoms with Crippen molar-refractivity contribution in [3.63, 3.8) is 0 Å². The summed E-state index contributed by atoms with van der Waals surface area (Å²) in [4.78, 5) is 0. The van der Waals surface area contributed by atoms with E-state index in [1.807, 2.05) is 54.6 Å². The van der Waals surface area contributed by atoms with E-state index < -0.39 is 10.2 Å². The highest BCUT2D eigenvalue weighted by molar-refractivity contribution is 7.90. The summed E-state index contributed by atoms with van der Waals surface area (Å²) in [7, 11) is -1.87. The van der Waals surface area contributed by atoms with Crippen molar-refractivity contribution in [2.45, 2.75) is 19.4 Å². The van der Waals surface area contributed by atoms with Crippen LogP contribution in [0.25, 0.3) is 0 Å². The minimum Gasteiger partial charge on any atom is -0.257 e. The van der Waals surface area contributed by atoms with Crippen molar-refractivity contribution in [1.29, 1.82) is 0 Å². The Labute approximate surface area is 132 Å². The van der Waals surface area contributed by atoms with Gasteiger partial charge in [-0.15, -0.1) is 0 Å². The summed E-state index contributed by atoms with van der Waals surface area (Å²) in [5.74, 6) is 0. The van der Waals surface area contributed by atoms with Crippen molar-refractivity contribution in [2.75, 3.05) is 17.9 Å². The van der Waals surface area contributed by atoms with E-state index in [4.69, 9.17) is 0 Å². The van der Waals surface area contributed by atoms with Crippen molar-refractivity contribution < 1.29 is 8.42 Å². The number of nitrogens with zero attached hydrogens (tertiary/aromatic N) is 2. The Bertz CT molecular complexity index is 744. The predicted molar refractivity (Wildman–Crippen MR) is 88.9 cm³/mol. The van der Waals surface area contributed by atoms with E-state index in [0.29, 0.717) is 13.1 Å². The first kappa shape index (κ1) is 15.1. The lowest BCUT2D eigenvalue weighted by molar-refractivity contribution is 0.461. The molecule has 0 saturated heterocycles. The van der Waals surface area contributed by atoms with Gasteiger partial charge in [0.05, 0.1) is 5.69 Å². The van der Waals surface area contributed by atoms with Gasteiger partial charge in [0.25, 0.3) is 0 Å². The van der Waals surface area contributed by atoms with Crippen molar-refractivity contribution in [3.8, 4) is 0 Å². The third-order valence-corrected chi connectivity index (χ3v) is 5.84. The van der Waals surface area contributed by atoms with E-state index in [1.165, 1.54) is 8.61 Å². The van der Waals surface area contributed by atoms with Gasteiger partial charge in [0, 0.05) is 20.1 Å². The van der Waals surface area contributed by atoms with Crippen LogP contribution in [0.4, 0.5) is 5.69 Å². The second-order valence-corrected chi connectivity index (χ2v) is 7.51. The molecular formula is C17H20N2O2S. The smallest absolute Gasteiger partial charge is 0.257 e. The molecule has 2 aromatic rings. The Morgan fingerprint density at radius 3 is 2.50 bits per heavy atom. The maximum atomic E-state index is 12.9. The van der Waals surface area contributed by atoms with Gasteiger partial charge in [0.15, 0.2) is 0 Å². The number of fused-ring (bicyclic) bond motifs is 1. The summed E-state index contributed by atoms with van der Waals surface area (Å²) >= 11 is 0. The van der Waals surface area contributed by atoms with Gasteiger partial charge in [0.2, 0.25) is 0 Å². The first-order valence-electron chi connectivity index (χ1n) is 7.45. The van der Waals surface area contributed by atoms with Crippen molar-refractivity contribution in [1.82, 2.24) is 4.31 Å². The third kappa shape index (κ3) is 2.87. The highest BCUT2D eigenvalue weighted by atomic mass is 32.2. The molecule has 0 radical (unpaired) electrons. The normalized spacial score (nSPS) is 14.9. The molecular weight excluding hydrogens is 296 g/mol. The SMILES string of the molecule is CN(Cc1ccccc1)S(=O)(=O)N1CCCc2ccccc21. The molecule has 0 atom stereocenters. The van der Waals surface area contributed by atoms with E-state index in [2.05, 4.69) is 0 Å². The molecule has 0 unspecified atom stereocenters. The summed E-state index contributed by atoms with van der Waals surface area (Å²) in [5, 5.41) is 0. The Balaban J connectivity index is 1.87. The fourth-order valence-corrected chi connectivity index (χ4v) is 4.26. The second-order valence-electron chi connectivity index (χ2n) is 5.55. The average Bonchev–Trinajstić information content (AvgIpc) is 2.55. The standard InChI is InChI=1S/C17H20N2O2S/c1-18(14-15-8-3-2-4-9-15)22(20,21)19-13-7-11-16-10-5-6-12-17(16)19/h2-6,8-10,12H,7,11,13-14H2,1H3. The average molecular weight is 316 g/mol. The van der Waals surface area contributed by atoms with Gasteiger partial charge in [-0.25, -0.2) is 0 Å². The molecule has 0 aliphatic carbocycles. The molecule has 1 heterocycles. The summed E-state index contributed by atoms with van der Waals surface area (Å²) < 4.78 is 28.8. The summed E-state index contributed by atoms with van der Waals surface area (Å²) in [6, 6.07) is 17.4. The number of para-hydroxylation sites is 1. The van der Waals surface area contributed by atoms with Gasteiger partial charge < -0.3 is 0 Å². The van der Waals surface area contributed by atoms with Crippen LogP contribution in [0, 0.1) is 0 Å². The van der Waals surface area contributed by atoms with Gasteiger partial charge in [0.1, 0.15) is 0 Å². The van der Waals surface area contributed by atoms with Crippen LogP contribution in [-0.2, 0) is 23.2 Å². The fourth-order valence-electron chi connectivity index (χ4n) is 2.83. The maximum absolute atomic E-state index is 12.9. The highest BCUT2D eigenvalue weighted by Crippen LogP contribution is 2.30. The van der Waals surface area contributed by atoms with Crippen LogP contribution >= 0.6 is 0 Å². The van der Waals surface area contributed by atoms with E-state index in [1.54, 1.807) is 7.05 Å². The zero-order valence-corrected chi connectivity index (χ0v) is 13.5. The van der Waals surface area contributed by atoms with Crippen LogP contribution in [0.2, 0.25) is 0 Å². The summed E-state index contributed by atoms with van der Waals surface area (Å²) in [6.45, 7) is 0.917. The molecule has 1 aliphatic rings. The largest absolute Gasteiger partial charge is 0.304 e. The molecule has 2 aromatic carbocycles. The summed E-state index contributed by atoms with van der Waals surface area (Å²) in [6.07, 6.45) is 1.79. The van der Waals surface area contributed by atoms with Gasteiger partial charge in [-0.3, -0.25) is 4.31 Å². The molecule has 0 fully saturated rings. The van der Waals surface area contributed by atoms with E-state index in [-0.39, 0.29) is 0 Å². The molecule has 0 amide bonds. The molecule has 0 aromatic heterocycles. The number of rotatable bonds is 4. The van der Waals surface area contributed by atoms with Crippen molar-refractivity contribution >= 4 is 15.9 Å². The molecule has 0 spiro atoms. The highest BCUT2D eigenvalue weighted by Gasteiger charge is 2.30. The molecule has 5 heteroatoms. The van der Waals surface area contributed by atoms with Gasteiger partial charge in [-0.2, -0.15) is 12.7 Å². The number of anilines is 1. The molecule has 3 rings (SSSR count). The number of aryl methyl sites for hydroxylation is 1. The van der Waals surface area contributed by atoms with E-state index in [0.717, 1.165) is 29.7 Å². The van der Waals surface area contributed by atoms with Crippen LogP contribution < -0.4 is 4.31 Å². The van der Waals surface area contributed by atoms with Crippen LogP contribution in [0.5, 0.6) is 0 Å². The van der Waals surface area contributed by atoms with Gasteiger partial charge in [-0.1, -0.05) is 48.5 Å². The molecule has 116 valence electrons. The second kappa shape index (κ2) is 6.10. The lowest BCUT2D eigenvalue weighted by Crippen LogP contribution is -2.44. The summed E-state index contributed by atoms with van der Waals surface area (Å²) in [5.41, 5.74) is 2.90. The Kier molecular flexibility index (Phi) is 4.18. The Hall–Kier alpha value is -1.85. The minimum atomic E-state index is -3.51. The van der Waals surface area contributed by atoms with Crippen LogP contribution in [0.1, 0.15) is 17.5 Å². The lowest BCUT2D eigenvalue weighted by atomic mass is 10.0. The zero-order chi connectivity index (χ0) is 15.6. The minimum absolute atomic E-state index is 0.377. The number of benzene rings is 2. The Morgan fingerprint density at radius 2 is 1.73 bits per heavy atom. The first-order valence-corrected chi connectivity index (χ1v) is 8.84. The molecule has 22 heavy (non-hydrogen) atoms. The number of hydrogen-bond acceptors (Lipinski definition) is 2. The first-order chi connectivity index (χ1) is 10.6. The van der Waals surface area contributed by atoms with Crippen LogP contribution in [0.3, 0.4) is 0 Å². The number of hydrogen-bond donors (Lipinski definition) is 0. The molecule has 0 bridgehead atoms. The molecule has 0 N–H and O–H groups in total. The van der Waals surface area contributed by atoms with Crippen molar-refractivity contribution in [3.05, 3.63) is 65.7 Å². The van der Waals surface area contributed by atoms with Gasteiger partial charge >= 0.3 is 10.2 Å². The van der Waals surface area contributed by atoms with Gasteiger partial charge in [-0.05, 0) is 30.0 Å². The third-order valence-electron chi connectivity index (χ3n) is 3.99. The topological polar surface area (TPSA) is 40.6 Å². The molecule has 1 aliphatic heterocycles. The quantitative estimate of drug-likeness (QED) is 0.870. The molecule has 0 saturated carbocycles. The lowest BCUT2D eigenvalue weighted by Gasteiger charge is -2.33.